The van der Waals surface area contributed by atoms with Crippen LogP contribution in [0.25, 0.3) is 0 Å². The molecular weight excluding hydrogens is 314 g/mol. The number of halogens is 2. The van der Waals surface area contributed by atoms with Gasteiger partial charge in [0, 0.05) is 12.2 Å². The first kappa shape index (κ1) is 17.9. The number of amides is 1. The summed E-state index contributed by atoms with van der Waals surface area (Å²) in [6.45, 7) is 3.08. The Bertz CT molecular complexity index is 707. The van der Waals surface area contributed by atoms with Gasteiger partial charge in [0.1, 0.15) is 5.82 Å². The van der Waals surface area contributed by atoms with Crippen LogP contribution in [0.2, 0.25) is 0 Å². The maximum absolute atomic E-state index is 13.7. The zero-order valence-electron chi connectivity index (χ0n) is 13.7. The number of carbonyl (C=O) groups is 1. The summed E-state index contributed by atoms with van der Waals surface area (Å²) in [5, 5.41) is 2.65. The molecule has 0 fully saturated rings. The Morgan fingerprint density at radius 2 is 2.00 bits per heavy atom. The van der Waals surface area contributed by atoms with Crippen LogP contribution in [0, 0.1) is 11.6 Å². The summed E-state index contributed by atoms with van der Waals surface area (Å²) in [6, 6.07) is 10.4. The van der Waals surface area contributed by atoms with Gasteiger partial charge in [0.25, 0.3) is 0 Å². The summed E-state index contributed by atoms with van der Waals surface area (Å²) in [5.41, 5.74) is 1.15. The lowest BCUT2D eigenvalue weighted by Crippen LogP contribution is -2.32. The second-order valence-electron chi connectivity index (χ2n) is 5.33. The lowest BCUT2D eigenvalue weighted by Gasteiger charge is -2.20. The van der Waals surface area contributed by atoms with Crippen molar-refractivity contribution in [2.24, 2.45) is 0 Å². The zero-order valence-corrected chi connectivity index (χ0v) is 13.7. The molecule has 0 saturated carbocycles. The van der Waals surface area contributed by atoms with Crippen LogP contribution in [0.1, 0.15) is 12.5 Å². The molecular formula is C18H20F2N2O2. The number of likely N-dealkylation sites (N-methyl/N-ethyl adjacent to an activating group) is 1. The molecule has 0 bridgehead atoms. The number of benzene rings is 2. The molecule has 128 valence electrons. The molecule has 2 rings (SSSR count). The average molecular weight is 334 g/mol. The number of ether oxygens (including phenoxy) is 1. The van der Waals surface area contributed by atoms with E-state index in [0.29, 0.717) is 18.8 Å². The van der Waals surface area contributed by atoms with E-state index in [9.17, 15) is 13.6 Å². The predicted molar refractivity (Wildman–Crippen MR) is 88.9 cm³/mol. The molecule has 2 aromatic carbocycles. The molecule has 0 aliphatic heterocycles. The number of methoxy groups -OCH3 is 1. The van der Waals surface area contributed by atoms with Crippen LogP contribution in [0.4, 0.5) is 14.5 Å². The molecule has 0 atom stereocenters. The summed E-state index contributed by atoms with van der Waals surface area (Å²) in [7, 11) is 1.41. The molecule has 4 nitrogen and oxygen atoms in total. The van der Waals surface area contributed by atoms with E-state index in [1.54, 1.807) is 18.2 Å². The Morgan fingerprint density at radius 1 is 1.21 bits per heavy atom. The number of nitrogens with one attached hydrogen (secondary N) is 1. The largest absolute Gasteiger partial charge is 0.494 e. The molecule has 0 unspecified atom stereocenters. The minimum Gasteiger partial charge on any atom is -0.494 e. The van der Waals surface area contributed by atoms with Gasteiger partial charge in [-0.1, -0.05) is 19.1 Å². The van der Waals surface area contributed by atoms with E-state index in [4.69, 9.17) is 4.74 Å². The van der Waals surface area contributed by atoms with Crippen LogP contribution >= 0.6 is 0 Å². The summed E-state index contributed by atoms with van der Waals surface area (Å²) >= 11 is 0. The van der Waals surface area contributed by atoms with Gasteiger partial charge in [0.05, 0.1) is 13.7 Å². The normalized spacial score (nSPS) is 10.7. The van der Waals surface area contributed by atoms with Gasteiger partial charge in [0.2, 0.25) is 5.91 Å². The van der Waals surface area contributed by atoms with Crippen LogP contribution in [0.3, 0.4) is 0 Å². The van der Waals surface area contributed by atoms with Gasteiger partial charge in [-0.3, -0.25) is 9.69 Å². The Morgan fingerprint density at radius 3 is 2.62 bits per heavy atom. The van der Waals surface area contributed by atoms with Gasteiger partial charge in [-0.15, -0.1) is 0 Å². The standard InChI is InChI=1S/C18H20F2N2O2/c1-3-22(11-13-7-8-17(24-2)16(20)9-13)12-18(23)21-15-6-4-5-14(19)10-15/h4-10H,3,11-12H2,1-2H3,(H,21,23). The number of hydrogen-bond acceptors (Lipinski definition) is 3. The molecule has 0 aliphatic carbocycles. The van der Waals surface area contributed by atoms with Crippen LogP contribution in [0.5, 0.6) is 5.75 Å². The highest BCUT2D eigenvalue weighted by molar-refractivity contribution is 5.92. The molecule has 0 heterocycles. The third-order valence-electron chi connectivity index (χ3n) is 3.55. The third-order valence-corrected chi connectivity index (χ3v) is 3.55. The number of hydrogen-bond donors (Lipinski definition) is 1. The molecule has 0 aromatic heterocycles. The highest BCUT2D eigenvalue weighted by Gasteiger charge is 2.12. The van der Waals surface area contributed by atoms with E-state index in [-0.39, 0.29) is 18.2 Å². The number of anilines is 1. The van der Waals surface area contributed by atoms with Crippen molar-refractivity contribution in [3.63, 3.8) is 0 Å². The summed E-state index contributed by atoms with van der Waals surface area (Å²) in [6.07, 6.45) is 0. The molecule has 6 heteroatoms. The first-order valence-corrected chi connectivity index (χ1v) is 7.62. The minimum absolute atomic E-state index is 0.126. The average Bonchev–Trinajstić information content (AvgIpc) is 2.54. The highest BCUT2D eigenvalue weighted by atomic mass is 19.1. The Kier molecular flexibility index (Phi) is 6.26. The molecule has 2 aromatic rings. The fraction of sp³-hybridized carbons (Fsp3) is 0.278. The van der Waals surface area contributed by atoms with E-state index in [1.807, 2.05) is 11.8 Å². The van der Waals surface area contributed by atoms with Crippen molar-refractivity contribution < 1.29 is 18.3 Å². The number of nitrogens with zero attached hydrogens (tertiary/aromatic N) is 1. The van der Waals surface area contributed by atoms with E-state index in [1.165, 1.54) is 31.4 Å². The van der Waals surface area contributed by atoms with Gasteiger partial charge in [0.15, 0.2) is 11.6 Å². The highest BCUT2D eigenvalue weighted by Crippen LogP contribution is 2.18. The maximum Gasteiger partial charge on any atom is 0.238 e. The fourth-order valence-electron chi connectivity index (χ4n) is 2.32. The molecule has 0 spiro atoms. The van der Waals surface area contributed by atoms with Crippen molar-refractivity contribution in [3.05, 3.63) is 59.7 Å². The van der Waals surface area contributed by atoms with Gasteiger partial charge in [-0.2, -0.15) is 0 Å². The summed E-state index contributed by atoms with van der Waals surface area (Å²) in [5.74, 6) is -0.911. The van der Waals surface area contributed by atoms with E-state index < -0.39 is 11.6 Å². The smallest absolute Gasteiger partial charge is 0.238 e. The lowest BCUT2D eigenvalue weighted by molar-refractivity contribution is -0.117. The molecule has 0 radical (unpaired) electrons. The lowest BCUT2D eigenvalue weighted by atomic mass is 10.2. The second-order valence-corrected chi connectivity index (χ2v) is 5.33. The maximum atomic E-state index is 13.7. The topological polar surface area (TPSA) is 41.6 Å². The minimum atomic E-state index is -0.435. The Labute approximate surface area is 140 Å². The van der Waals surface area contributed by atoms with Crippen molar-refractivity contribution in [2.45, 2.75) is 13.5 Å². The van der Waals surface area contributed by atoms with Crippen LogP contribution < -0.4 is 10.1 Å². The molecule has 0 saturated heterocycles. The van der Waals surface area contributed by atoms with Crippen molar-refractivity contribution in [1.82, 2.24) is 4.90 Å². The molecule has 1 N–H and O–H groups in total. The molecule has 1 amide bonds. The Hall–Kier alpha value is -2.47. The predicted octanol–water partition coefficient (Wildman–Crippen LogP) is 3.43. The summed E-state index contributed by atoms with van der Waals surface area (Å²) < 4.78 is 31.7. The van der Waals surface area contributed by atoms with Gasteiger partial charge in [-0.05, 0) is 42.4 Å². The molecule has 0 aliphatic rings. The van der Waals surface area contributed by atoms with Crippen molar-refractivity contribution >= 4 is 11.6 Å². The van der Waals surface area contributed by atoms with Crippen molar-refractivity contribution in [3.8, 4) is 5.75 Å². The van der Waals surface area contributed by atoms with Gasteiger partial charge in [-0.25, -0.2) is 8.78 Å². The first-order chi connectivity index (χ1) is 11.5. The van der Waals surface area contributed by atoms with E-state index in [2.05, 4.69) is 5.32 Å². The number of carbonyl (C=O) groups excluding carboxylic acids is 1. The van der Waals surface area contributed by atoms with Gasteiger partial charge < -0.3 is 10.1 Å². The molecule has 24 heavy (non-hydrogen) atoms. The summed E-state index contributed by atoms with van der Waals surface area (Å²) in [4.78, 5) is 13.9. The van der Waals surface area contributed by atoms with Gasteiger partial charge >= 0.3 is 0 Å². The third kappa shape index (κ3) is 5.03. The Balaban J connectivity index is 1.96. The zero-order chi connectivity index (χ0) is 17.5. The van der Waals surface area contributed by atoms with E-state index in [0.717, 1.165) is 5.56 Å². The number of rotatable bonds is 7. The fourth-order valence-corrected chi connectivity index (χ4v) is 2.32. The monoisotopic (exact) mass is 334 g/mol. The first-order valence-electron chi connectivity index (χ1n) is 7.62. The quantitative estimate of drug-likeness (QED) is 0.843. The van der Waals surface area contributed by atoms with Crippen molar-refractivity contribution in [1.29, 1.82) is 0 Å². The van der Waals surface area contributed by atoms with E-state index >= 15 is 0 Å². The second kappa shape index (κ2) is 8.40. The SMILES string of the molecule is CCN(CC(=O)Nc1cccc(F)c1)Cc1ccc(OC)c(F)c1. The van der Waals surface area contributed by atoms with Crippen LogP contribution in [0.15, 0.2) is 42.5 Å². The van der Waals surface area contributed by atoms with Crippen molar-refractivity contribution in [2.75, 3.05) is 25.5 Å². The van der Waals surface area contributed by atoms with Crippen LogP contribution in [-0.4, -0.2) is 31.0 Å². The van der Waals surface area contributed by atoms with Crippen LogP contribution in [-0.2, 0) is 11.3 Å².